The molecule has 6 heteroatoms. The number of hydrogen-bond acceptors (Lipinski definition) is 3. The summed E-state index contributed by atoms with van der Waals surface area (Å²) in [4.78, 5) is 1.69. The average molecular weight is 325 g/mol. The smallest absolute Gasteiger partial charge is 0.194 e. The quantitative estimate of drug-likeness (QED) is 0.828. The molecule has 2 aromatic rings. The van der Waals surface area contributed by atoms with Gasteiger partial charge >= 0.3 is 0 Å². The third kappa shape index (κ3) is 4.46. The standard InChI is InChI=1S/C17H18F3NO2/c1-21(9-11-6-14(18)17(20)15(19)7-11)10-16(22)12-4-3-5-13(8-12)23-2/h3-8,16,22H,9-10H2,1-2H3. The summed E-state index contributed by atoms with van der Waals surface area (Å²) in [6, 6.07) is 8.92. The van der Waals surface area contributed by atoms with Gasteiger partial charge in [-0.3, -0.25) is 4.90 Å². The van der Waals surface area contributed by atoms with Crippen LogP contribution in [0.1, 0.15) is 17.2 Å². The zero-order valence-corrected chi connectivity index (χ0v) is 12.9. The van der Waals surface area contributed by atoms with Gasteiger partial charge < -0.3 is 9.84 Å². The number of aliphatic hydroxyl groups excluding tert-OH is 1. The highest BCUT2D eigenvalue weighted by atomic mass is 19.2. The first kappa shape index (κ1) is 17.3. The van der Waals surface area contributed by atoms with Crippen LogP contribution in [0.15, 0.2) is 36.4 Å². The van der Waals surface area contributed by atoms with Gasteiger partial charge in [0.2, 0.25) is 0 Å². The normalized spacial score (nSPS) is 12.5. The number of aliphatic hydroxyl groups is 1. The molecule has 0 aromatic heterocycles. The molecule has 0 amide bonds. The van der Waals surface area contributed by atoms with Crippen LogP contribution in [0.5, 0.6) is 5.75 Å². The Morgan fingerprint density at radius 2 is 1.78 bits per heavy atom. The van der Waals surface area contributed by atoms with Crippen LogP contribution in [0.25, 0.3) is 0 Å². The van der Waals surface area contributed by atoms with E-state index in [0.29, 0.717) is 16.9 Å². The molecule has 1 atom stereocenters. The van der Waals surface area contributed by atoms with Crippen molar-refractivity contribution in [3.05, 3.63) is 65.0 Å². The van der Waals surface area contributed by atoms with Gasteiger partial charge in [0.15, 0.2) is 17.5 Å². The Morgan fingerprint density at radius 1 is 1.13 bits per heavy atom. The highest BCUT2D eigenvalue weighted by molar-refractivity contribution is 5.30. The van der Waals surface area contributed by atoms with Crippen LogP contribution in [0.2, 0.25) is 0 Å². The molecule has 0 aliphatic carbocycles. The Labute approximate surface area is 132 Å². The van der Waals surface area contributed by atoms with Crippen molar-refractivity contribution in [2.45, 2.75) is 12.6 Å². The molecule has 1 unspecified atom stereocenters. The Morgan fingerprint density at radius 3 is 2.39 bits per heavy atom. The van der Waals surface area contributed by atoms with Crippen LogP contribution in [0.4, 0.5) is 13.2 Å². The summed E-state index contributed by atoms with van der Waals surface area (Å²) in [6.07, 6.45) is -0.787. The van der Waals surface area contributed by atoms with E-state index in [0.717, 1.165) is 12.1 Å². The zero-order chi connectivity index (χ0) is 17.0. The van der Waals surface area contributed by atoms with Gasteiger partial charge in [-0.25, -0.2) is 13.2 Å². The fourth-order valence-electron chi connectivity index (χ4n) is 2.32. The highest BCUT2D eigenvalue weighted by Gasteiger charge is 2.15. The van der Waals surface area contributed by atoms with Gasteiger partial charge in [0.05, 0.1) is 13.2 Å². The summed E-state index contributed by atoms with van der Waals surface area (Å²) in [6.45, 7) is 0.420. The van der Waals surface area contributed by atoms with Gasteiger partial charge in [0, 0.05) is 13.1 Å². The lowest BCUT2D eigenvalue weighted by Crippen LogP contribution is -2.24. The van der Waals surface area contributed by atoms with Gasteiger partial charge in [-0.1, -0.05) is 12.1 Å². The van der Waals surface area contributed by atoms with Crippen molar-refractivity contribution in [1.82, 2.24) is 4.90 Å². The number of benzene rings is 2. The molecule has 2 aromatic carbocycles. The third-order valence-corrected chi connectivity index (χ3v) is 3.46. The molecule has 23 heavy (non-hydrogen) atoms. The zero-order valence-electron chi connectivity index (χ0n) is 12.9. The van der Waals surface area contributed by atoms with E-state index in [2.05, 4.69) is 0 Å². The van der Waals surface area contributed by atoms with Gasteiger partial charge in [-0.05, 0) is 42.4 Å². The predicted molar refractivity (Wildman–Crippen MR) is 80.6 cm³/mol. The van der Waals surface area contributed by atoms with Crippen molar-refractivity contribution >= 4 is 0 Å². The minimum Gasteiger partial charge on any atom is -0.497 e. The Bertz CT molecular complexity index is 656. The maximum atomic E-state index is 13.2. The molecule has 0 radical (unpaired) electrons. The van der Waals surface area contributed by atoms with Crippen LogP contribution in [0.3, 0.4) is 0 Å². The second-order valence-electron chi connectivity index (χ2n) is 5.36. The molecule has 0 spiro atoms. The molecule has 2 rings (SSSR count). The van der Waals surface area contributed by atoms with Crippen LogP contribution >= 0.6 is 0 Å². The molecule has 1 N–H and O–H groups in total. The third-order valence-electron chi connectivity index (χ3n) is 3.46. The van der Waals surface area contributed by atoms with Crippen molar-refractivity contribution in [2.75, 3.05) is 20.7 Å². The largest absolute Gasteiger partial charge is 0.497 e. The van der Waals surface area contributed by atoms with Gasteiger partial charge in [0.25, 0.3) is 0 Å². The minimum absolute atomic E-state index is 0.176. The fourth-order valence-corrected chi connectivity index (χ4v) is 2.32. The molecule has 3 nitrogen and oxygen atoms in total. The number of ether oxygens (including phenoxy) is 1. The van der Waals surface area contributed by atoms with Crippen LogP contribution in [-0.2, 0) is 6.54 Å². The molecular weight excluding hydrogens is 307 g/mol. The van der Waals surface area contributed by atoms with Crippen molar-refractivity contribution < 1.29 is 23.0 Å². The molecule has 0 bridgehead atoms. The van der Waals surface area contributed by atoms with E-state index in [1.807, 2.05) is 0 Å². The summed E-state index contributed by atoms with van der Waals surface area (Å²) in [7, 11) is 3.23. The lowest BCUT2D eigenvalue weighted by Gasteiger charge is -2.21. The van der Waals surface area contributed by atoms with E-state index in [4.69, 9.17) is 4.74 Å². The van der Waals surface area contributed by atoms with Crippen molar-refractivity contribution in [2.24, 2.45) is 0 Å². The van der Waals surface area contributed by atoms with Gasteiger partial charge in [-0.2, -0.15) is 0 Å². The maximum Gasteiger partial charge on any atom is 0.194 e. The van der Waals surface area contributed by atoms with Crippen molar-refractivity contribution in [3.8, 4) is 5.75 Å². The predicted octanol–water partition coefficient (Wildman–Crippen LogP) is 3.28. The molecule has 0 heterocycles. The van der Waals surface area contributed by atoms with E-state index >= 15 is 0 Å². The Balaban J connectivity index is 2.02. The van der Waals surface area contributed by atoms with Crippen molar-refractivity contribution in [3.63, 3.8) is 0 Å². The number of hydrogen-bond donors (Lipinski definition) is 1. The SMILES string of the molecule is COc1cccc(C(O)CN(C)Cc2cc(F)c(F)c(F)c2)c1. The summed E-state index contributed by atoms with van der Waals surface area (Å²) in [5, 5.41) is 10.2. The van der Waals surface area contributed by atoms with Crippen LogP contribution < -0.4 is 4.74 Å². The Kier molecular flexibility index (Phi) is 5.63. The van der Waals surface area contributed by atoms with Gasteiger partial charge in [0.1, 0.15) is 5.75 Å². The van der Waals surface area contributed by atoms with E-state index < -0.39 is 23.6 Å². The maximum absolute atomic E-state index is 13.2. The monoisotopic (exact) mass is 325 g/mol. The molecule has 0 aliphatic rings. The van der Waals surface area contributed by atoms with Gasteiger partial charge in [-0.15, -0.1) is 0 Å². The minimum atomic E-state index is -1.48. The summed E-state index contributed by atoms with van der Waals surface area (Å²) in [5.74, 6) is -3.29. The first-order chi connectivity index (χ1) is 10.9. The fraction of sp³-hybridized carbons (Fsp3) is 0.294. The highest BCUT2D eigenvalue weighted by Crippen LogP contribution is 2.21. The number of methoxy groups -OCH3 is 1. The molecular formula is C17H18F3NO2. The second-order valence-corrected chi connectivity index (χ2v) is 5.36. The van der Waals surface area contributed by atoms with Crippen LogP contribution in [0, 0.1) is 17.5 Å². The molecule has 0 saturated heterocycles. The number of halogens is 3. The first-order valence-corrected chi connectivity index (χ1v) is 7.04. The summed E-state index contributed by atoms with van der Waals surface area (Å²) >= 11 is 0. The van der Waals surface area contributed by atoms with Crippen LogP contribution in [-0.4, -0.2) is 30.7 Å². The lowest BCUT2D eigenvalue weighted by molar-refractivity contribution is 0.123. The number of rotatable bonds is 6. The molecule has 124 valence electrons. The number of likely N-dealkylation sites (N-methyl/N-ethyl adjacent to an activating group) is 1. The number of nitrogens with zero attached hydrogens (tertiary/aromatic N) is 1. The van der Waals surface area contributed by atoms with Crippen molar-refractivity contribution in [1.29, 1.82) is 0 Å². The van der Waals surface area contributed by atoms with E-state index in [-0.39, 0.29) is 13.1 Å². The topological polar surface area (TPSA) is 32.7 Å². The Hall–Kier alpha value is -2.05. The van der Waals surface area contributed by atoms with E-state index in [9.17, 15) is 18.3 Å². The van der Waals surface area contributed by atoms with E-state index in [1.165, 1.54) is 7.11 Å². The second kappa shape index (κ2) is 7.48. The van der Waals surface area contributed by atoms with E-state index in [1.54, 1.807) is 36.2 Å². The summed E-state index contributed by atoms with van der Waals surface area (Å²) in [5.41, 5.74) is 0.967. The molecule has 0 saturated carbocycles. The molecule has 0 fully saturated rings. The lowest BCUT2D eigenvalue weighted by atomic mass is 10.1. The first-order valence-electron chi connectivity index (χ1n) is 7.04. The average Bonchev–Trinajstić information content (AvgIpc) is 2.52. The molecule has 0 aliphatic heterocycles. The summed E-state index contributed by atoms with van der Waals surface area (Å²) < 4.78 is 44.4.